The van der Waals surface area contributed by atoms with Crippen LogP contribution in [0.3, 0.4) is 0 Å². The van der Waals surface area contributed by atoms with Gasteiger partial charge >= 0.3 is 0 Å². The summed E-state index contributed by atoms with van der Waals surface area (Å²) in [5.74, 6) is -0.0727. The molecule has 0 aliphatic carbocycles. The monoisotopic (exact) mass is 485 g/mol. The number of hydrogen-bond acceptors (Lipinski definition) is 5. The minimum absolute atomic E-state index is 0.0727. The zero-order valence-electron chi connectivity index (χ0n) is 17.3. The van der Waals surface area contributed by atoms with E-state index in [0.29, 0.717) is 17.4 Å². The summed E-state index contributed by atoms with van der Waals surface area (Å²) in [6.07, 6.45) is 1.89. The molecule has 0 saturated carbocycles. The molecule has 30 heavy (non-hydrogen) atoms. The van der Waals surface area contributed by atoms with E-state index in [-0.39, 0.29) is 5.91 Å². The maximum atomic E-state index is 13.8. The van der Waals surface area contributed by atoms with E-state index in [1.54, 1.807) is 4.90 Å². The van der Waals surface area contributed by atoms with Gasteiger partial charge in [0, 0.05) is 23.8 Å². The van der Waals surface area contributed by atoms with Crippen LogP contribution in [0.25, 0.3) is 15.9 Å². The first-order valence-electron chi connectivity index (χ1n) is 10.1. The molecule has 0 N–H and O–H groups in total. The highest BCUT2D eigenvalue weighted by Gasteiger charge is 2.26. The molecule has 0 unspecified atom stereocenters. The summed E-state index contributed by atoms with van der Waals surface area (Å²) >= 11 is 5.06. The molecule has 1 aromatic carbocycles. The quantitative estimate of drug-likeness (QED) is 0.369. The second kappa shape index (κ2) is 8.83. The fourth-order valence-corrected chi connectivity index (χ4v) is 5.11. The van der Waals surface area contributed by atoms with Crippen molar-refractivity contribution in [3.05, 3.63) is 58.5 Å². The first kappa shape index (κ1) is 21.0. The fourth-order valence-electron chi connectivity index (χ4n) is 3.57. The average Bonchev–Trinajstić information content (AvgIpc) is 3.30. The lowest BCUT2D eigenvalue weighted by Crippen LogP contribution is -2.39. The van der Waals surface area contributed by atoms with E-state index in [4.69, 9.17) is 4.98 Å². The molecule has 0 saturated heterocycles. The van der Waals surface area contributed by atoms with Gasteiger partial charge in [0.1, 0.15) is 11.3 Å². The van der Waals surface area contributed by atoms with Crippen molar-refractivity contribution in [3.8, 4) is 0 Å². The Kier molecular flexibility index (Phi) is 6.17. The predicted octanol–water partition coefficient (Wildman–Crippen LogP) is 5.00. The van der Waals surface area contributed by atoms with E-state index in [1.165, 1.54) is 11.3 Å². The van der Waals surface area contributed by atoms with Crippen molar-refractivity contribution in [2.75, 3.05) is 31.1 Å². The first-order chi connectivity index (χ1) is 14.5. The van der Waals surface area contributed by atoms with Crippen molar-refractivity contribution in [1.29, 1.82) is 0 Å². The van der Waals surface area contributed by atoms with Crippen molar-refractivity contribution in [2.24, 2.45) is 0 Å². The Hall–Kier alpha value is -2.29. The van der Waals surface area contributed by atoms with Gasteiger partial charge in [-0.1, -0.05) is 47.2 Å². The van der Waals surface area contributed by atoms with Gasteiger partial charge in [0.25, 0.3) is 5.91 Å². The lowest BCUT2D eigenvalue weighted by molar-refractivity contribution is 0.0977. The number of thiazole rings is 1. The number of nitrogens with zero attached hydrogens (tertiary/aromatic N) is 5. The normalized spacial score (nSPS) is 11.6. The minimum atomic E-state index is -0.0727. The maximum Gasteiger partial charge on any atom is 0.279 e. The van der Waals surface area contributed by atoms with E-state index >= 15 is 0 Å². The highest BCUT2D eigenvalue weighted by Crippen LogP contribution is 2.32. The Morgan fingerprint density at radius 1 is 1.13 bits per heavy atom. The summed E-state index contributed by atoms with van der Waals surface area (Å²) in [4.78, 5) is 27.2. The Balaban J connectivity index is 1.77. The smallest absolute Gasteiger partial charge is 0.279 e. The second-order valence-corrected chi connectivity index (χ2v) is 8.99. The largest absolute Gasteiger partial charge is 0.302 e. The topological polar surface area (TPSA) is 53.7 Å². The summed E-state index contributed by atoms with van der Waals surface area (Å²) in [6.45, 7) is 9.41. The van der Waals surface area contributed by atoms with Crippen LogP contribution in [-0.2, 0) is 0 Å². The number of carbonyl (C=O) groups excluding carboxylic acids is 1. The molecule has 0 aliphatic rings. The molecule has 3 heterocycles. The van der Waals surface area contributed by atoms with Crippen molar-refractivity contribution in [2.45, 2.75) is 20.8 Å². The van der Waals surface area contributed by atoms with Crippen LogP contribution >= 0.6 is 27.3 Å². The first-order valence-corrected chi connectivity index (χ1v) is 11.7. The van der Waals surface area contributed by atoms with Crippen molar-refractivity contribution in [1.82, 2.24) is 19.3 Å². The molecule has 4 rings (SSSR count). The van der Waals surface area contributed by atoms with Gasteiger partial charge in [0.05, 0.1) is 15.9 Å². The molecular formula is C22H24BrN5OS. The fraction of sp³-hybridized carbons (Fsp3) is 0.318. The number of likely N-dealkylation sites (N-methyl/N-ethyl adjacent to an activating group) is 1. The third kappa shape index (κ3) is 3.99. The maximum absolute atomic E-state index is 13.8. The van der Waals surface area contributed by atoms with Crippen LogP contribution in [0.4, 0.5) is 5.13 Å². The van der Waals surface area contributed by atoms with Crippen molar-refractivity contribution in [3.63, 3.8) is 0 Å². The van der Waals surface area contributed by atoms with Gasteiger partial charge in [-0.2, -0.15) is 0 Å². The predicted molar refractivity (Wildman–Crippen MR) is 127 cm³/mol. The molecule has 3 aromatic heterocycles. The average molecular weight is 486 g/mol. The molecule has 0 radical (unpaired) electrons. The summed E-state index contributed by atoms with van der Waals surface area (Å²) in [7, 11) is 0. The van der Waals surface area contributed by atoms with Gasteiger partial charge < -0.3 is 4.90 Å². The van der Waals surface area contributed by atoms with Gasteiger partial charge in [-0.25, -0.2) is 9.97 Å². The summed E-state index contributed by atoms with van der Waals surface area (Å²) in [5.41, 5.74) is 2.98. The lowest BCUT2D eigenvalue weighted by atomic mass is 10.3. The SMILES string of the molecule is CCN(CC)CCN(C(=O)c1c(C)nc2ccccn12)c1nc2ccc(Br)cc2s1. The molecule has 1 amide bonds. The number of fused-ring (bicyclic) bond motifs is 2. The second-order valence-electron chi connectivity index (χ2n) is 7.07. The number of rotatable bonds is 7. The highest BCUT2D eigenvalue weighted by atomic mass is 79.9. The van der Waals surface area contributed by atoms with Gasteiger partial charge in [0.2, 0.25) is 0 Å². The number of hydrogen-bond donors (Lipinski definition) is 0. The molecule has 0 bridgehead atoms. The molecule has 0 atom stereocenters. The lowest BCUT2D eigenvalue weighted by Gasteiger charge is -2.24. The number of carbonyl (C=O) groups is 1. The highest BCUT2D eigenvalue weighted by molar-refractivity contribution is 9.10. The molecule has 8 heteroatoms. The molecule has 0 spiro atoms. The number of halogens is 1. The molecule has 6 nitrogen and oxygen atoms in total. The van der Waals surface area contributed by atoms with Crippen molar-refractivity contribution < 1.29 is 4.79 Å². The molecule has 0 aliphatic heterocycles. The number of aromatic nitrogens is 3. The van der Waals surface area contributed by atoms with Gasteiger partial charge in [-0.3, -0.25) is 14.1 Å². The van der Waals surface area contributed by atoms with Gasteiger partial charge in [-0.15, -0.1) is 0 Å². The number of aryl methyl sites for hydroxylation is 1. The Labute approximate surface area is 188 Å². The number of benzene rings is 1. The molecule has 4 aromatic rings. The summed E-state index contributed by atoms with van der Waals surface area (Å²) < 4.78 is 3.92. The summed E-state index contributed by atoms with van der Waals surface area (Å²) in [5, 5.41) is 0.713. The standard InChI is InChI=1S/C22H24BrN5OS/c1-4-26(5-2)12-13-28(22-25-17-10-9-16(23)14-18(17)30-22)21(29)20-15(3)24-19-8-6-7-11-27(19)20/h6-11,14H,4-5,12-13H2,1-3H3. The van der Waals surface area contributed by atoms with E-state index < -0.39 is 0 Å². The number of anilines is 1. The third-order valence-electron chi connectivity index (χ3n) is 5.26. The van der Waals surface area contributed by atoms with E-state index in [9.17, 15) is 4.79 Å². The van der Waals surface area contributed by atoms with Crippen LogP contribution in [0.5, 0.6) is 0 Å². The van der Waals surface area contributed by atoms with Crippen LogP contribution < -0.4 is 4.90 Å². The molecule has 0 fully saturated rings. The minimum Gasteiger partial charge on any atom is -0.302 e. The number of imidazole rings is 1. The van der Waals surface area contributed by atoms with Crippen LogP contribution in [0, 0.1) is 6.92 Å². The zero-order valence-corrected chi connectivity index (χ0v) is 19.7. The van der Waals surface area contributed by atoms with Crippen LogP contribution in [0.2, 0.25) is 0 Å². The van der Waals surface area contributed by atoms with Gasteiger partial charge in [0.15, 0.2) is 5.13 Å². The van der Waals surface area contributed by atoms with E-state index in [0.717, 1.165) is 45.7 Å². The Bertz CT molecular complexity index is 1200. The number of pyridine rings is 1. The van der Waals surface area contributed by atoms with Crippen LogP contribution in [-0.4, -0.2) is 51.4 Å². The van der Waals surface area contributed by atoms with Crippen molar-refractivity contribution >= 4 is 54.2 Å². The third-order valence-corrected chi connectivity index (χ3v) is 6.79. The molecule has 156 valence electrons. The van der Waals surface area contributed by atoms with Gasteiger partial charge in [-0.05, 0) is 50.3 Å². The van der Waals surface area contributed by atoms with E-state index in [2.05, 4.69) is 39.7 Å². The zero-order chi connectivity index (χ0) is 21.3. The summed E-state index contributed by atoms with van der Waals surface area (Å²) in [6, 6.07) is 11.8. The number of amides is 1. The molecular weight excluding hydrogens is 462 g/mol. The van der Waals surface area contributed by atoms with Crippen LogP contribution in [0.1, 0.15) is 30.0 Å². The Morgan fingerprint density at radius 3 is 2.70 bits per heavy atom. The van der Waals surface area contributed by atoms with E-state index in [1.807, 2.05) is 53.9 Å². The van der Waals surface area contributed by atoms with Crippen LogP contribution in [0.15, 0.2) is 47.1 Å². The Morgan fingerprint density at radius 2 is 1.93 bits per heavy atom.